The molecular weight excluding hydrogens is 387 g/mol. The third-order valence-corrected chi connectivity index (χ3v) is 6.31. The van der Waals surface area contributed by atoms with Crippen LogP contribution in [0.1, 0.15) is 42.6 Å². The Labute approximate surface area is 164 Å². The Hall–Kier alpha value is -2.72. The molecule has 3 fully saturated rings. The molecule has 0 spiro atoms. The van der Waals surface area contributed by atoms with Crippen molar-refractivity contribution in [1.29, 1.82) is 0 Å². The summed E-state index contributed by atoms with van der Waals surface area (Å²) in [6, 6.07) is 0.179. The molecule has 0 aromatic carbocycles. The van der Waals surface area contributed by atoms with Gasteiger partial charge in [-0.05, 0) is 24.8 Å². The van der Waals surface area contributed by atoms with Crippen molar-refractivity contribution in [2.75, 3.05) is 26.2 Å². The Morgan fingerprint density at radius 1 is 1.03 bits per heavy atom. The summed E-state index contributed by atoms with van der Waals surface area (Å²) in [6.07, 6.45) is 2.93. The number of aromatic nitrogens is 5. The average molecular weight is 407 g/mol. The number of urea groups is 1. The second kappa shape index (κ2) is 6.39. The lowest BCUT2D eigenvalue weighted by atomic mass is 9.94. The molecular formula is C18H20F3N7O. The normalized spacial score (nSPS) is 23.9. The first-order valence-electron chi connectivity index (χ1n) is 9.64. The van der Waals surface area contributed by atoms with Crippen LogP contribution in [-0.4, -0.2) is 72.9 Å². The van der Waals surface area contributed by atoms with Crippen LogP contribution in [0.5, 0.6) is 0 Å². The molecule has 2 aliphatic heterocycles. The highest BCUT2D eigenvalue weighted by Gasteiger charge is 2.66. The van der Waals surface area contributed by atoms with Crippen LogP contribution in [-0.2, 0) is 5.41 Å². The molecule has 2 amide bonds. The number of likely N-dealkylation sites (tertiary alicyclic amines) is 2. The zero-order valence-corrected chi connectivity index (χ0v) is 15.6. The van der Waals surface area contributed by atoms with Gasteiger partial charge in [-0.2, -0.15) is 13.2 Å². The fraction of sp³-hybridized carbons (Fsp3) is 0.611. The smallest absolute Gasteiger partial charge is 0.323 e. The topological polar surface area (TPSA) is 80.0 Å². The number of carbonyl (C=O) groups is 1. The molecule has 154 valence electrons. The first-order valence-corrected chi connectivity index (χ1v) is 9.64. The molecule has 2 saturated heterocycles. The maximum Gasteiger partial charge on any atom is 0.401 e. The monoisotopic (exact) mass is 407 g/mol. The molecule has 1 aliphatic carbocycles. The Balaban J connectivity index is 1.17. The van der Waals surface area contributed by atoms with Gasteiger partial charge < -0.3 is 14.4 Å². The quantitative estimate of drug-likeness (QED) is 0.779. The molecule has 29 heavy (non-hydrogen) atoms. The SMILES string of the molecule is O=C(N1CC(c2cnc(C3(C(F)(F)F)CC3)nc2)C1)N1CC[C@H](n2cnnc2)C1. The zero-order valence-electron chi connectivity index (χ0n) is 15.6. The van der Waals surface area contributed by atoms with Crippen LogP contribution in [0.3, 0.4) is 0 Å². The van der Waals surface area contributed by atoms with Crippen LogP contribution in [0.25, 0.3) is 0 Å². The molecule has 1 saturated carbocycles. The molecule has 2 aromatic heterocycles. The summed E-state index contributed by atoms with van der Waals surface area (Å²) in [4.78, 5) is 24.3. The highest BCUT2D eigenvalue weighted by molar-refractivity contribution is 5.76. The summed E-state index contributed by atoms with van der Waals surface area (Å²) in [5.74, 6) is -0.0802. The van der Waals surface area contributed by atoms with Crippen LogP contribution in [0.4, 0.5) is 18.0 Å². The van der Waals surface area contributed by atoms with Crippen molar-refractivity contribution >= 4 is 6.03 Å². The van der Waals surface area contributed by atoms with Gasteiger partial charge in [0.15, 0.2) is 0 Å². The molecule has 0 bridgehead atoms. The highest BCUT2D eigenvalue weighted by atomic mass is 19.4. The molecule has 11 heteroatoms. The van der Waals surface area contributed by atoms with Gasteiger partial charge in [0.25, 0.3) is 0 Å². The van der Waals surface area contributed by atoms with Gasteiger partial charge in [-0.25, -0.2) is 14.8 Å². The molecule has 0 N–H and O–H groups in total. The third-order valence-electron chi connectivity index (χ3n) is 6.31. The molecule has 4 heterocycles. The van der Waals surface area contributed by atoms with E-state index >= 15 is 0 Å². The van der Waals surface area contributed by atoms with Crippen molar-refractivity contribution < 1.29 is 18.0 Å². The fourth-order valence-corrected chi connectivity index (χ4v) is 4.16. The minimum absolute atomic E-state index is 0.0108. The first-order chi connectivity index (χ1) is 13.9. The standard InChI is InChI=1S/C18H20F3N7O/c19-18(20,21)17(2-3-17)15-22-5-12(6-23-15)13-7-27(8-13)16(29)26-4-1-14(9-26)28-10-24-25-11-28/h5-6,10-11,13-14H,1-4,7-9H2/t14-/m0/s1. The number of alkyl halides is 3. The second-order valence-electron chi connectivity index (χ2n) is 8.10. The number of hydrogen-bond acceptors (Lipinski definition) is 5. The summed E-state index contributed by atoms with van der Waals surface area (Å²) >= 11 is 0. The molecule has 1 atom stereocenters. The largest absolute Gasteiger partial charge is 0.401 e. The van der Waals surface area contributed by atoms with Gasteiger partial charge in [-0.1, -0.05) is 0 Å². The lowest BCUT2D eigenvalue weighted by molar-refractivity contribution is -0.162. The van der Waals surface area contributed by atoms with Crippen molar-refractivity contribution in [2.24, 2.45) is 0 Å². The maximum absolute atomic E-state index is 13.2. The van der Waals surface area contributed by atoms with E-state index in [0.717, 1.165) is 12.0 Å². The summed E-state index contributed by atoms with van der Waals surface area (Å²) < 4.78 is 41.5. The second-order valence-corrected chi connectivity index (χ2v) is 8.10. The van der Waals surface area contributed by atoms with Gasteiger partial charge in [-0.15, -0.1) is 10.2 Å². The average Bonchev–Trinajstić information content (AvgIpc) is 3.08. The number of carbonyl (C=O) groups excluding carboxylic acids is 1. The van der Waals surface area contributed by atoms with E-state index in [4.69, 9.17) is 0 Å². The van der Waals surface area contributed by atoms with E-state index in [1.54, 1.807) is 17.6 Å². The lowest BCUT2D eigenvalue weighted by Crippen LogP contribution is -2.53. The van der Waals surface area contributed by atoms with E-state index in [1.165, 1.54) is 12.4 Å². The summed E-state index contributed by atoms with van der Waals surface area (Å²) in [7, 11) is 0. The minimum Gasteiger partial charge on any atom is -0.323 e. The molecule has 3 aliphatic rings. The summed E-state index contributed by atoms with van der Waals surface area (Å²) in [6.45, 7) is 2.36. The van der Waals surface area contributed by atoms with Crippen molar-refractivity contribution in [3.63, 3.8) is 0 Å². The Morgan fingerprint density at radius 3 is 2.28 bits per heavy atom. The number of amides is 2. The van der Waals surface area contributed by atoms with Gasteiger partial charge in [0, 0.05) is 44.5 Å². The van der Waals surface area contributed by atoms with Crippen molar-refractivity contribution in [2.45, 2.75) is 42.8 Å². The van der Waals surface area contributed by atoms with E-state index in [1.807, 2.05) is 9.47 Å². The fourth-order valence-electron chi connectivity index (χ4n) is 4.16. The van der Waals surface area contributed by atoms with Gasteiger partial charge in [0.2, 0.25) is 0 Å². The van der Waals surface area contributed by atoms with Gasteiger partial charge in [-0.3, -0.25) is 0 Å². The number of hydrogen-bond donors (Lipinski definition) is 0. The minimum atomic E-state index is -4.31. The highest BCUT2D eigenvalue weighted by Crippen LogP contribution is 2.57. The van der Waals surface area contributed by atoms with E-state index in [2.05, 4.69) is 20.2 Å². The molecule has 8 nitrogen and oxygen atoms in total. The number of halogens is 3. The Morgan fingerprint density at radius 2 is 1.69 bits per heavy atom. The van der Waals surface area contributed by atoms with E-state index in [9.17, 15) is 18.0 Å². The van der Waals surface area contributed by atoms with Crippen LogP contribution < -0.4 is 0 Å². The van der Waals surface area contributed by atoms with Gasteiger partial charge in [0.1, 0.15) is 23.9 Å². The van der Waals surface area contributed by atoms with Crippen LogP contribution in [0.15, 0.2) is 25.0 Å². The Bertz CT molecular complexity index is 889. The van der Waals surface area contributed by atoms with Crippen LogP contribution >= 0.6 is 0 Å². The zero-order chi connectivity index (χ0) is 20.2. The Kier molecular flexibility index (Phi) is 4.04. The van der Waals surface area contributed by atoms with Gasteiger partial charge >= 0.3 is 12.2 Å². The van der Waals surface area contributed by atoms with E-state index in [-0.39, 0.29) is 36.7 Å². The van der Waals surface area contributed by atoms with E-state index < -0.39 is 11.6 Å². The molecule has 0 unspecified atom stereocenters. The summed E-state index contributed by atoms with van der Waals surface area (Å²) in [5.41, 5.74) is -1.08. The summed E-state index contributed by atoms with van der Waals surface area (Å²) in [5, 5.41) is 7.61. The van der Waals surface area contributed by atoms with Crippen LogP contribution in [0, 0.1) is 0 Å². The predicted octanol–water partition coefficient (Wildman–Crippen LogP) is 2.13. The lowest BCUT2D eigenvalue weighted by Gasteiger charge is -2.41. The van der Waals surface area contributed by atoms with Crippen LogP contribution in [0.2, 0.25) is 0 Å². The molecule has 0 radical (unpaired) electrons. The molecule has 5 rings (SSSR count). The number of rotatable bonds is 3. The third kappa shape index (κ3) is 3.03. The number of nitrogens with zero attached hydrogens (tertiary/aromatic N) is 7. The molecule has 2 aromatic rings. The first kappa shape index (κ1) is 18.3. The predicted molar refractivity (Wildman–Crippen MR) is 94.0 cm³/mol. The van der Waals surface area contributed by atoms with Crippen molar-refractivity contribution in [3.05, 3.63) is 36.4 Å². The van der Waals surface area contributed by atoms with E-state index in [0.29, 0.717) is 26.2 Å². The van der Waals surface area contributed by atoms with Crippen molar-refractivity contribution in [1.82, 2.24) is 34.5 Å². The van der Waals surface area contributed by atoms with Crippen molar-refractivity contribution in [3.8, 4) is 0 Å². The van der Waals surface area contributed by atoms with Gasteiger partial charge in [0.05, 0.1) is 6.04 Å². The maximum atomic E-state index is 13.2.